The van der Waals surface area contributed by atoms with E-state index in [1.54, 1.807) is 0 Å². The normalized spacial score (nSPS) is 25.6. The summed E-state index contributed by atoms with van der Waals surface area (Å²) in [5.41, 5.74) is 6.96. The summed E-state index contributed by atoms with van der Waals surface area (Å²) >= 11 is 0. The van der Waals surface area contributed by atoms with Crippen molar-refractivity contribution in [2.45, 2.75) is 18.9 Å². The van der Waals surface area contributed by atoms with Gasteiger partial charge >= 0.3 is 0 Å². The SMILES string of the molecule is NCC1CN(CC2=CC=CCC2)N=N1. The first-order chi connectivity index (χ1) is 6.88. The molecule has 76 valence electrons. The van der Waals surface area contributed by atoms with Crippen molar-refractivity contribution >= 4 is 0 Å². The van der Waals surface area contributed by atoms with Crippen molar-refractivity contribution < 1.29 is 0 Å². The summed E-state index contributed by atoms with van der Waals surface area (Å²) < 4.78 is 0. The molecule has 1 aliphatic carbocycles. The Labute approximate surface area is 84.1 Å². The highest BCUT2D eigenvalue weighted by Gasteiger charge is 2.18. The fourth-order valence-electron chi connectivity index (χ4n) is 1.70. The van der Waals surface area contributed by atoms with E-state index in [1.165, 1.54) is 5.57 Å². The van der Waals surface area contributed by atoms with Crippen LogP contribution < -0.4 is 5.73 Å². The van der Waals surface area contributed by atoms with Crippen molar-refractivity contribution in [2.24, 2.45) is 16.1 Å². The molecule has 0 bridgehead atoms. The van der Waals surface area contributed by atoms with E-state index in [0.717, 1.165) is 25.9 Å². The summed E-state index contributed by atoms with van der Waals surface area (Å²) in [6.45, 7) is 2.38. The molecular formula is C10H16N4. The highest BCUT2D eigenvalue weighted by atomic mass is 15.6. The zero-order valence-electron chi connectivity index (χ0n) is 8.26. The third-order valence-electron chi connectivity index (χ3n) is 2.52. The van der Waals surface area contributed by atoms with Crippen LogP contribution in [0.3, 0.4) is 0 Å². The Balaban J connectivity index is 1.84. The third-order valence-corrected chi connectivity index (χ3v) is 2.52. The zero-order valence-corrected chi connectivity index (χ0v) is 8.26. The van der Waals surface area contributed by atoms with Crippen LogP contribution in [0.5, 0.6) is 0 Å². The van der Waals surface area contributed by atoms with E-state index in [-0.39, 0.29) is 6.04 Å². The summed E-state index contributed by atoms with van der Waals surface area (Å²) in [5.74, 6) is 0. The molecule has 1 heterocycles. The van der Waals surface area contributed by atoms with Gasteiger partial charge in [-0.3, -0.25) is 5.01 Å². The van der Waals surface area contributed by atoms with Crippen LogP contribution in [0.25, 0.3) is 0 Å². The first-order valence-corrected chi connectivity index (χ1v) is 5.09. The first-order valence-electron chi connectivity index (χ1n) is 5.09. The van der Waals surface area contributed by atoms with Gasteiger partial charge in [0.05, 0.1) is 13.1 Å². The van der Waals surface area contributed by atoms with Crippen LogP contribution in [0, 0.1) is 0 Å². The van der Waals surface area contributed by atoms with Gasteiger partial charge < -0.3 is 5.73 Å². The number of rotatable bonds is 3. The lowest BCUT2D eigenvalue weighted by Crippen LogP contribution is -2.28. The Morgan fingerprint density at radius 3 is 3.14 bits per heavy atom. The number of allylic oxidation sites excluding steroid dienone is 3. The minimum Gasteiger partial charge on any atom is -0.328 e. The summed E-state index contributed by atoms with van der Waals surface area (Å²) in [4.78, 5) is 0. The highest BCUT2D eigenvalue weighted by Crippen LogP contribution is 2.16. The predicted octanol–water partition coefficient (Wildman–Crippen LogP) is 1.27. The smallest absolute Gasteiger partial charge is 0.104 e. The van der Waals surface area contributed by atoms with Gasteiger partial charge in [0, 0.05) is 6.54 Å². The number of hydrogen-bond acceptors (Lipinski definition) is 4. The molecular weight excluding hydrogens is 176 g/mol. The monoisotopic (exact) mass is 192 g/mol. The quantitative estimate of drug-likeness (QED) is 0.732. The highest BCUT2D eigenvalue weighted by molar-refractivity contribution is 5.18. The largest absolute Gasteiger partial charge is 0.328 e. The lowest BCUT2D eigenvalue weighted by atomic mass is 10.1. The third kappa shape index (κ3) is 2.20. The van der Waals surface area contributed by atoms with Gasteiger partial charge in [-0.15, -0.1) is 0 Å². The van der Waals surface area contributed by atoms with Crippen LogP contribution in [-0.4, -0.2) is 30.7 Å². The van der Waals surface area contributed by atoms with Crippen LogP contribution >= 0.6 is 0 Å². The summed E-state index contributed by atoms with van der Waals surface area (Å²) in [6.07, 6.45) is 8.78. The standard InChI is InChI=1S/C10H16N4/c11-6-10-8-14(13-12-10)7-9-4-2-1-3-5-9/h1-2,4,10H,3,5-8,11H2. The number of nitrogens with zero attached hydrogens (tertiary/aromatic N) is 3. The van der Waals surface area contributed by atoms with Crippen molar-refractivity contribution in [3.8, 4) is 0 Å². The topological polar surface area (TPSA) is 54.0 Å². The van der Waals surface area contributed by atoms with E-state index < -0.39 is 0 Å². The Hall–Kier alpha value is -1.16. The summed E-state index contributed by atoms with van der Waals surface area (Å²) in [7, 11) is 0. The molecule has 1 aliphatic heterocycles. The maximum absolute atomic E-state index is 5.52. The summed E-state index contributed by atoms with van der Waals surface area (Å²) in [6, 6.07) is 0.203. The molecule has 2 N–H and O–H groups in total. The van der Waals surface area contributed by atoms with E-state index in [4.69, 9.17) is 5.73 Å². The molecule has 2 aliphatic rings. The minimum absolute atomic E-state index is 0.203. The Morgan fingerprint density at radius 1 is 1.57 bits per heavy atom. The lowest BCUT2D eigenvalue weighted by Gasteiger charge is -2.16. The summed E-state index contributed by atoms with van der Waals surface area (Å²) in [5, 5.41) is 10.2. The Morgan fingerprint density at radius 2 is 2.50 bits per heavy atom. The maximum Gasteiger partial charge on any atom is 0.104 e. The van der Waals surface area contributed by atoms with Gasteiger partial charge in [0.1, 0.15) is 6.04 Å². The lowest BCUT2D eigenvalue weighted by molar-refractivity contribution is 0.332. The average Bonchev–Trinajstić information content (AvgIpc) is 2.67. The second-order valence-corrected chi connectivity index (χ2v) is 3.73. The fourth-order valence-corrected chi connectivity index (χ4v) is 1.70. The van der Waals surface area contributed by atoms with Gasteiger partial charge in [-0.1, -0.05) is 23.5 Å². The van der Waals surface area contributed by atoms with Crippen LogP contribution in [-0.2, 0) is 0 Å². The molecule has 1 atom stereocenters. The van der Waals surface area contributed by atoms with Gasteiger partial charge in [0.15, 0.2) is 0 Å². The Kier molecular flexibility index (Phi) is 2.93. The molecule has 0 spiro atoms. The molecule has 2 rings (SSSR count). The molecule has 0 fully saturated rings. The van der Waals surface area contributed by atoms with E-state index in [9.17, 15) is 0 Å². The van der Waals surface area contributed by atoms with Crippen LogP contribution in [0.1, 0.15) is 12.8 Å². The van der Waals surface area contributed by atoms with E-state index in [2.05, 4.69) is 28.6 Å². The molecule has 14 heavy (non-hydrogen) atoms. The number of hydrogen-bond donors (Lipinski definition) is 1. The van der Waals surface area contributed by atoms with Crippen LogP contribution in [0.15, 0.2) is 34.1 Å². The maximum atomic E-state index is 5.52. The van der Waals surface area contributed by atoms with Gasteiger partial charge in [0.2, 0.25) is 0 Å². The molecule has 0 amide bonds. The number of nitrogens with two attached hydrogens (primary N) is 1. The zero-order chi connectivity index (χ0) is 9.80. The predicted molar refractivity (Wildman–Crippen MR) is 55.7 cm³/mol. The van der Waals surface area contributed by atoms with E-state index in [0.29, 0.717) is 6.54 Å². The molecule has 1 unspecified atom stereocenters. The van der Waals surface area contributed by atoms with Crippen molar-refractivity contribution in [2.75, 3.05) is 19.6 Å². The van der Waals surface area contributed by atoms with Gasteiger partial charge in [-0.2, -0.15) is 5.11 Å². The molecule has 0 aromatic heterocycles. The van der Waals surface area contributed by atoms with Crippen molar-refractivity contribution in [1.82, 2.24) is 5.01 Å². The molecule has 4 nitrogen and oxygen atoms in total. The molecule has 4 heteroatoms. The van der Waals surface area contributed by atoms with Crippen molar-refractivity contribution in [3.63, 3.8) is 0 Å². The van der Waals surface area contributed by atoms with Crippen LogP contribution in [0.4, 0.5) is 0 Å². The molecule has 0 radical (unpaired) electrons. The van der Waals surface area contributed by atoms with Crippen LogP contribution in [0.2, 0.25) is 0 Å². The minimum atomic E-state index is 0.203. The molecule has 0 saturated carbocycles. The van der Waals surface area contributed by atoms with E-state index >= 15 is 0 Å². The molecule has 0 aromatic rings. The first kappa shape index (κ1) is 9.40. The van der Waals surface area contributed by atoms with E-state index in [1.807, 2.05) is 5.01 Å². The van der Waals surface area contributed by atoms with Crippen molar-refractivity contribution in [1.29, 1.82) is 0 Å². The second kappa shape index (κ2) is 4.37. The fraction of sp³-hybridized carbons (Fsp3) is 0.600. The van der Waals surface area contributed by atoms with Gasteiger partial charge in [-0.05, 0) is 18.4 Å². The second-order valence-electron chi connectivity index (χ2n) is 3.73. The molecule has 0 saturated heterocycles. The Bertz CT molecular complexity index is 280. The average molecular weight is 192 g/mol. The van der Waals surface area contributed by atoms with Gasteiger partial charge in [0.25, 0.3) is 0 Å². The van der Waals surface area contributed by atoms with Crippen molar-refractivity contribution in [3.05, 3.63) is 23.8 Å². The molecule has 0 aromatic carbocycles. The van der Waals surface area contributed by atoms with Gasteiger partial charge in [-0.25, -0.2) is 0 Å².